The molecule has 0 spiro atoms. The van der Waals surface area contributed by atoms with Crippen molar-refractivity contribution in [2.45, 2.75) is 25.3 Å². The lowest BCUT2D eigenvalue weighted by Gasteiger charge is -2.26. The highest BCUT2D eigenvalue weighted by Gasteiger charge is 2.21. The molecule has 0 bridgehead atoms. The van der Waals surface area contributed by atoms with E-state index < -0.39 is 0 Å². The topological polar surface area (TPSA) is 71.3 Å². The van der Waals surface area contributed by atoms with Gasteiger partial charge in [-0.2, -0.15) is 0 Å². The van der Waals surface area contributed by atoms with Gasteiger partial charge in [0.15, 0.2) is 5.76 Å². The summed E-state index contributed by atoms with van der Waals surface area (Å²) in [4.78, 5) is 24.6. The van der Waals surface area contributed by atoms with E-state index in [1.807, 2.05) is 12.1 Å². The van der Waals surface area contributed by atoms with Gasteiger partial charge in [0.25, 0.3) is 11.8 Å². The van der Waals surface area contributed by atoms with Crippen molar-refractivity contribution < 1.29 is 14.0 Å². The van der Waals surface area contributed by atoms with Gasteiger partial charge < -0.3 is 15.1 Å². The van der Waals surface area contributed by atoms with E-state index >= 15 is 0 Å². The Morgan fingerprint density at radius 2 is 1.74 bits per heavy atom. The van der Waals surface area contributed by atoms with Crippen LogP contribution in [-0.4, -0.2) is 11.8 Å². The first kappa shape index (κ1) is 17.1. The minimum absolute atomic E-state index is 0.0424. The van der Waals surface area contributed by atoms with Crippen LogP contribution in [0.2, 0.25) is 0 Å². The second kappa shape index (κ2) is 7.50. The third-order valence-corrected chi connectivity index (χ3v) is 4.82. The molecule has 3 aromatic rings. The Bertz CT molecular complexity index is 946. The van der Waals surface area contributed by atoms with Gasteiger partial charge in [-0.15, -0.1) is 0 Å². The molecule has 27 heavy (non-hydrogen) atoms. The van der Waals surface area contributed by atoms with Crippen LogP contribution in [-0.2, 0) is 6.42 Å². The summed E-state index contributed by atoms with van der Waals surface area (Å²) in [5, 5.41) is 5.87. The molecule has 2 aromatic carbocycles. The first-order valence-corrected chi connectivity index (χ1v) is 9.04. The molecule has 1 atom stereocenters. The molecule has 0 radical (unpaired) electrons. The van der Waals surface area contributed by atoms with Gasteiger partial charge in [-0.1, -0.05) is 24.3 Å². The molecule has 2 amide bonds. The second-order valence-corrected chi connectivity index (χ2v) is 6.63. The predicted molar refractivity (Wildman–Crippen MR) is 103 cm³/mol. The molecule has 0 saturated carbocycles. The molecule has 5 nitrogen and oxygen atoms in total. The number of furan rings is 1. The van der Waals surface area contributed by atoms with Crippen molar-refractivity contribution in [1.29, 1.82) is 0 Å². The van der Waals surface area contributed by atoms with Gasteiger partial charge >= 0.3 is 0 Å². The van der Waals surface area contributed by atoms with Crippen LogP contribution in [0, 0.1) is 0 Å². The van der Waals surface area contributed by atoms with Gasteiger partial charge in [-0.3, -0.25) is 9.59 Å². The van der Waals surface area contributed by atoms with Crippen molar-refractivity contribution in [2.24, 2.45) is 0 Å². The molecule has 1 aliphatic carbocycles. The minimum atomic E-state index is -0.323. The molecule has 2 N–H and O–H groups in total. The second-order valence-electron chi connectivity index (χ2n) is 6.63. The Morgan fingerprint density at radius 3 is 2.52 bits per heavy atom. The predicted octanol–water partition coefficient (Wildman–Crippen LogP) is 4.34. The van der Waals surface area contributed by atoms with E-state index in [2.05, 4.69) is 22.8 Å². The quantitative estimate of drug-likeness (QED) is 0.727. The largest absolute Gasteiger partial charge is 0.459 e. The van der Waals surface area contributed by atoms with Crippen molar-refractivity contribution >= 4 is 17.5 Å². The first-order valence-electron chi connectivity index (χ1n) is 9.04. The van der Waals surface area contributed by atoms with Crippen molar-refractivity contribution in [3.05, 3.63) is 89.4 Å². The van der Waals surface area contributed by atoms with E-state index in [0.29, 0.717) is 11.3 Å². The van der Waals surface area contributed by atoms with Crippen LogP contribution in [0.25, 0.3) is 0 Å². The highest BCUT2D eigenvalue weighted by Crippen LogP contribution is 2.29. The monoisotopic (exact) mass is 360 g/mol. The number of carbonyl (C=O) groups is 2. The number of anilines is 1. The summed E-state index contributed by atoms with van der Waals surface area (Å²) in [7, 11) is 0. The maximum absolute atomic E-state index is 12.6. The average Bonchev–Trinajstić information content (AvgIpc) is 3.24. The summed E-state index contributed by atoms with van der Waals surface area (Å²) >= 11 is 0. The number of benzene rings is 2. The fraction of sp³-hybridized carbons (Fsp3) is 0.182. The van der Waals surface area contributed by atoms with Crippen LogP contribution in [0.3, 0.4) is 0 Å². The molecular weight excluding hydrogens is 340 g/mol. The normalized spacial score (nSPS) is 15.6. The zero-order valence-corrected chi connectivity index (χ0v) is 14.8. The molecule has 136 valence electrons. The Morgan fingerprint density at radius 1 is 0.926 bits per heavy atom. The lowest BCUT2D eigenvalue weighted by atomic mass is 9.87. The smallest absolute Gasteiger partial charge is 0.291 e. The highest BCUT2D eigenvalue weighted by molar-refractivity contribution is 6.02. The van der Waals surface area contributed by atoms with Crippen molar-refractivity contribution in [2.75, 3.05) is 5.32 Å². The molecule has 1 aromatic heterocycles. The molecule has 1 aliphatic rings. The summed E-state index contributed by atoms with van der Waals surface area (Å²) < 4.78 is 5.07. The van der Waals surface area contributed by atoms with E-state index in [4.69, 9.17) is 4.42 Å². The summed E-state index contributed by atoms with van der Waals surface area (Å²) in [5.41, 5.74) is 3.69. The third kappa shape index (κ3) is 3.77. The van der Waals surface area contributed by atoms with Crippen LogP contribution in [0.15, 0.2) is 71.3 Å². The van der Waals surface area contributed by atoms with Crippen molar-refractivity contribution in [3.63, 3.8) is 0 Å². The van der Waals surface area contributed by atoms with Crippen LogP contribution in [0.1, 0.15) is 50.9 Å². The fourth-order valence-corrected chi connectivity index (χ4v) is 3.45. The van der Waals surface area contributed by atoms with E-state index in [1.165, 1.54) is 17.4 Å². The molecule has 1 heterocycles. The van der Waals surface area contributed by atoms with Crippen LogP contribution in [0.4, 0.5) is 5.69 Å². The van der Waals surface area contributed by atoms with Gasteiger partial charge in [-0.05, 0) is 66.8 Å². The Balaban J connectivity index is 1.42. The maximum Gasteiger partial charge on any atom is 0.291 e. The van der Waals surface area contributed by atoms with Crippen LogP contribution >= 0.6 is 0 Å². The van der Waals surface area contributed by atoms with Gasteiger partial charge in [-0.25, -0.2) is 0 Å². The van der Waals surface area contributed by atoms with Crippen molar-refractivity contribution in [1.82, 2.24) is 5.32 Å². The number of nitrogens with one attached hydrogen (secondary N) is 2. The average molecular weight is 360 g/mol. The first-order chi connectivity index (χ1) is 13.2. The number of rotatable bonds is 4. The summed E-state index contributed by atoms with van der Waals surface area (Å²) in [5.74, 6) is -0.190. The standard InChI is InChI=1S/C22H20N2O3/c25-21(24-19-8-3-6-15-5-1-2-7-18(15)19)16-10-12-17(13-11-16)23-22(26)20-9-4-14-27-20/h1-2,4-5,7,9-14,19H,3,6,8H2,(H,23,26)(H,24,25). The zero-order valence-electron chi connectivity index (χ0n) is 14.8. The number of amides is 2. The molecule has 4 rings (SSSR count). The number of fused-ring (bicyclic) bond motifs is 1. The SMILES string of the molecule is O=C(NC1CCCc2ccccc21)c1ccc(NC(=O)c2ccco2)cc1. The lowest BCUT2D eigenvalue weighted by molar-refractivity contribution is 0.0932. The van der Waals surface area contributed by atoms with E-state index in [0.717, 1.165) is 19.3 Å². The molecular formula is C22H20N2O3. The van der Waals surface area contributed by atoms with Crippen LogP contribution < -0.4 is 10.6 Å². The highest BCUT2D eigenvalue weighted by atomic mass is 16.3. The van der Waals surface area contributed by atoms with Gasteiger partial charge in [0.1, 0.15) is 0 Å². The molecule has 0 fully saturated rings. The fourth-order valence-electron chi connectivity index (χ4n) is 3.45. The summed E-state index contributed by atoms with van der Waals surface area (Å²) in [6.45, 7) is 0. The third-order valence-electron chi connectivity index (χ3n) is 4.82. The van der Waals surface area contributed by atoms with E-state index in [-0.39, 0.29) is 23.6 Å². The Hall–Kier alpha value is -3.34. The van der Waals surface area contributed by atoms with Crippen molar-refractivity contribution in [3.8, 4) is 0 Å². The van der Waals surface area contributed by atoms with Gasteiger partial charge in [0.2, 0.25) is 0 Å². The molecule has 5 heteroatoms. The van der Waals surface area contributed by atoms with Gasteiger partial charge in [0.05, 0.1) is 12.3 Å². The number of carbonyl (C=O) groups excluding carboxylic acids is 2. The zero-order chi connectivity index (χ0) is 18.6. The lowest BCUT2D eigenvalue weighted by Crippen LogP contribution is -2.30. The number of hydrogen-bond acceptors (Lipinski definition) is 3. The summed E-state index contributed by atoms with van der Waals surface area (Å²) in [6.07, 6.45) is 4.53. The van der Waals surface area contributed by atoms with E-state index in [1.54, 1.807) is 36.4 Å². The Labute approximate surface area is 157 Å². The van der Waals surface area contributed by atoms with Crippen LogP contribution in [0.5, 0.6) is 0 Å². The minimum Gasteiger partial charge on any atom is -0.459 e. The van der Waals surface area contributed by atoms with Gasteiger partial charge in [0, 0.05) is 11.3 Å². The number of hydrogen-bond donors (Lipinski definition) is 2. The number of aryl methyl sites for hydroxylation is 1. The van der Waals surface area contributed by atoms with E-state index in [9.17, 15) is 9.59 Å². The molecule has 0 saturated heterocycles. The molecule has 0 aliphatic heterocycles. The summed E-state index contributed by atoms with van der Waals surface area (Å²) in [6, 6.07) is 18.4. The Kier molecular flexibility index (Phi) is 4.75. The molecule has 1 unspecified atom stereocenters. The maximum atomic E-state index is 12.6.